The molecule has 96 valence electrons. The molecule has 0 heterocycles. The smallest absolute Gasteiger partial charge is 0.232 e. The molecule has 0 N–H and O–H groups in total. The van der Waals surface area contributed by atoms with Crippen LogP contribution in [0.15, 0.2) is 0 Å². The zero-order chi connectivity index (χ0) is 12.0. The Bertz CT molecular complexity index is 286. The molecule has 1 unspecified atom stereocenters. The average Bonchev–Trinajstić information content (AvgIpc) is 2.97. The van der Waals surface area contributed by atoms with Gasteiger partial charge in [0.05, 0.1) is 12.4 Å². The Morgan fingerprint density at radius 3 is 2.62 bits per heavy atom. The van der Waals surface area contributed by atoms with E-state index in [1.807, 2.05) is 6.92 Å². The van der Waals surface area contributed by atoms with Crippen LogP contribution >= 0.6 is 10.7 Å². The Balaban J connectivity index is 2.03. The van der Waals surface area contributed by atoms with Gasteiger partial charge in [-0.15, -0.1) is 0 Å². The van der Waals surface area contributed by atoms with E-state index in [9.17, 15) is 8.42 Å². The molecular formula is C11H21ClO3S. The number of ether oxygens (including phenoxy) is 1. The molecule has 0 saturated heterocycles. The fourth-order valence-electron chi connectivity index (χ4n) is 1.70. The highest BCUT2D eigenvalue weighted by Gasteiger charge is 2.20. The minimum Gasteiger partial charge on any atom is -0.381 e. The highest BCUT2D eigenvalue weighted by Crippen LogP contribution is 2.33. The van der Waals surface area contributed by atoms with Crippen LogP contribution in [-0.2, 0) is 13.8 Å². The summed E-state index contributed by atoms with van der Waals surface area (Å²) in [5.41, 5.74) is 0. The SMILES string of the molecule is CCC(COCCCC1CC1)CS(=O)(=O)Cl. The molecule has 0 bridgehead atoms. The summed E-state index contributed by atoms with van der Waals surface area (Å²) >= 11 is 0. The van der Waals surface area contributed by atoms with E-state index in [1.165, 1.54) is 19.3 Å². The molecule has 16 heavy (non-hydrogen) atoms. The Kier molecular flexibility index (Phi) is 6.08. The Hall–Kier alpha value is 0.200. The predicted octanol–water partition coefficient (Wildman–Crippen LogP) is 2.79. The van der Waals surface area contributed by atoms with E-state index in [2.05, 4.69) is 0 Å². The van der Waals surface area contributed by atoms with Gasteiger partial charge in [-0.1, -0.05) is 26.2 Å². The number of hydrogen-bond donors (Lipinski definition) is 0. The van der Waals surface area contributed by atoms with Gasteiger partial charge in [-0.3, -0.25) is 0 Å². The van der Waals surface area contributed by atoms with E-state index in [1.54, 1.807) is 0 Å². The highest BCUT2D eigenvalue weighted by atomic mass is 35.7. The molecule has 1 atom stereocenters. The maximum Gasteiger partial charge on any atom is 0.232 e. The first kappa shape index (κ1) is 14.3. The number of hydrogen-bond acceptors (Lipinski definition) is 3. The largest absolute Gasteiger partial charge is 0.381 e. The summed E-state index contributed by atoms with van der Waals surface area (Å²) in [6, 6.07) is 0. The Labute approximate surface area is 103 Å². The molecular weight excluding hydrogens is 248 g/mol. The third-order valence-electron chi connectivity index (χ3n) is 2.96. The fourth-order valence-corrected chi connectivity index (χ4v) is 3.13. The second-order valence-electron chi connectivity index (χ2n) is 4.64. The van der Waals surface area contributed by atoms with Crippen molar-refractivity contribution in [3.05, 3.63) is 0 Å². The van der Waals surface area contributed by atoms with Crippen molar-refractivity contribution in [3.63, 3.8) is 0 Å². The van der Waals surface area contributed by atoms with Crippen LogP contribution in [0.4, 0.5) is 0 Å². The van der Waals surface area contributed by atoms with E-state index in [-0.39, 0.29) is 11.7 Å². The van der Waals surface area contributed by atoms with Crippen LogP contribution in [0.25, 0.3) is 0 Å². The lowest BCUT2D eigenvalue weighted by Crippen LogP contribution is -2.17. The van der Waals surface area contributed by atoms with Crippen molar-refractivity contribution in [3.8, 4) is 0 Å². The molecule has 1 aliphatic rings. The molecule has 0 aromatic heterocycles. The normalized spacial score (nSPS) is 18.6. The summed E-state index contributed by atoms with van der Waals surface area (Å²) in [6.45, 7) is 3.21. The summed E-state index contributed by atoms with van der Waals surface area (Å²) in [6.07, 6.45) is 5.89. The predicted molar refractivity (Wildman–Crippen MR) is 66.2 cm³/mol. The van der Waals surface area contributed by atoms with Crippen molar-refractivity contribution < 1.29 is 13.2 Å². The fraction of sp³-hybridized carbons (Fsp3) is 1.00. The summed E-state index contributed by atoms with van der Waals surface area (Å²) < 4.78 is 27.3. The molecule has 1 saturated carbocycles. The molecule has 0 aromatic rings. The molecule has 3 nitrogen and oxygen atoms in total. The van der Waals surface area contributed by atoms with Gasteiger partial charge in [0.1, 0.15) is 0 Å². The summed E-state index contributed by atoms with van der Waals surface area (Å²) in [4.78, 5) is 0. The topological polar surface area (TPSA) is 43.4 Å². The average molecular weight is 269 g/mol. The van der Waals surface area contributed by atoms with Crippen molar-refractivity contribution in [1.82, 2.24) is 0 Å². The first-order valence-corrected chi connectivity index (χ1v) is 8.49. The standard InChI is InChI=1S/C11H21ClO3S/c1-2-10(9-16(12,13)14)8-15-7-3-4-11-5-6-11/h10-11H,2-9H2,1H3. The van der Waals surface area contributed by atoms with Gasteiger partial charge >= 0.3 is 0 Å². The van der Waals surface area contributed by atoms with Crippen molar-refractivity contribution in [2.24, 2.45) is 11.8 Å². The lowest BCUT2D eigenvalue weighted by molar-refractivity contribution is 0.100. The maximum atomic E-state index is 10.9. The summed E-state index contributed by atoms with van der Waals surface area (Å²) in [7, 11) is 1.82. The minimum atomic E-state index is -3.39. The molecule has 0 radical (unpaired) electrons. The van der Waals surface area contributed by atoms with Gasteiger partial charge in [-0.05, 0) is 24.7 Å². The van der Waals surface area contributed by atoms with Gasteiger partial charge in [0, 0.05) is 17.3 Å². The molecule has 5 heteroatoms. The van der Waals surface area contributed by atoms with E-state index in [0.717, 1.165) is 25.4 Å². The quantitative estimate of drug-likeness (QED) is 0.477. The van der Waals surface area contributed by atoms with Crippen LogP contribution in [0.2, 0.25) is 0 Å². The van der Waals surface area contributed by atoms with Crippen LogP contribution in [0.1, 0.15) is 39.0 Å². The van der Waals surface area contributed by atoms with Crippen LogP contribution in [0, 0.1) is 11.8 Å². The summed E-state index contributed by atoms with van der Waals surface area (Å²) in [5.74, 6) is 0.991. The lowest BCUT2D eigenvalue weighted by Gasteiger charge is -2.13. The minimum absolute atomic E-state index is 0.0215. The molecule has 0 aromatic carbocycles. The second-order valence-corrected chi connectivity index (χ2v) is 7.46. The second kappa shape index (κ2) is 6.82. The van der Waals surface area contributed by atoms with Gasteiger partial charge < -0.3 is 4.74 Å². The first-order valence-electron chi connectivity index (χ1n) is 6.01. The number of halogens is 1. The zero-order valence-electron chi connectivity index (χ0n) is 9.82. The van der Waals surface area contributed by atoms with E-state index >= 15 is 0 Å². The molecule has 0 aliphatic heterocycles. The van der Waals surface area contributed by atoms with Crippen molar-refractivity contribution in [1.29, 1.82) is 0 Å². The zero-order valence-corrected chi connectivity index (χ0v) is 11.4. The van der Waals surface area contributed by atoms with Gasteiger partial charge in [0.25, 0.3) is 0 Å². The monoisotopic (exact) mass is 268 g/mol. The van der Waals surface area contributed by atoms with E-state index in [0.29, 0.717) is 6.61 Å². The van der Waals surface area contributed by atoms with Crippen molar-refractivity contribution >= 4 is 19.7 Å². The first-order chi connectivity index (χ1) is 7.51. The molecule has 1 aliphatic carbocycles. The van der Waals surface area contributed by atoms with E-state index in [4.69, 9.17) is 15.4 Å². The molecule has 0 amide bonds. The van der Waals surface area contributed by atoms with Gasteiger partial charge in [0.15, 0.2) is 0 Å². The molecule has 1 fully saturated rings. The van der Waals surface area contributed by atoms with Crippen LogP contribution in [0.5, 0.6) is 0 Å². The number of rotatable bonds is 9. The van der Waals surface area contributed by atoms with Crippen LogP contribution in [-0.4, -0.2) is 27.4 Å². The van der Waals surface area contributed by atoms with Gasteiger partial charge in [0.2, 0.25) is 9.05 Å². The van der Waals surface area contributed by atoms with Crippen LogP contribution < -0.4 is 0 Å². The van der Waals surface area contributed by atoms with Gasteiger partial charge in [-0.2, -0.15) is 0 Å². The maximum absolute atomic E-state index is 10.9. The van der Waals surface area contributed by atoms with E-state index < -0.39 is 9.05 Å². The Morgan fingerprint density at radius 2 is 2.12 bits per heavy atom. The van der Waals surface area contributed by atoms with Gasteiger partial charge in [-0.25, -0.2) is 8.42 Å². The molecule has 1 rings (SSSR count). The third-order valence-corrected chi connectivity index (χ3v) is 4.21. The van der Waals surface area contributed by atoms with Crippen molar-refractivity contribution in [2.75, 3.05) is 19.0 Å². The lowest BCUT2D eigenvalue weighted by atomic mass is 10.1. The van der Waals surface area contributed by atoms with Crippen molar-refractivity contribution in [2.45, 2.75) is 39.0 Å². The third kappa shape index (κ3) is 7.47. The Morgan fingerprint density at radius 1 is 1.44 bits per heavy atom. The highest BCUT2D eigenvalue weighted by molar-refractivity contribution is 8.13. The van der Waals surface area contributed by atoms with Crippen LogP contribution in [0.3, 0.4) is 0 Å². The summed E-state index contributed by atoms with van der Waals surface area (Å²) in [5, 5.41) is 0. The molecule has 0 spiro atoms.